The molecule has 23 heavy (non-hydrogen) atoms. The molecule has 2 rings (SSSR count). The Morgan fingerprint density at radius 1 is 1.35 bits per heavy atom. The third kappa shape index (κ3) is 5.60. The molecule has 8 heteroatoms. The number of rotatable bonds is 7. The summed E-state index contributed by atoms with van der Waals surface area (Å²) in [6.07, 6.45) is 2.66. The lowest BCUT2D eigenvalue weighted by Gasteiger charge is -2.12. The Morgan fingerprint density at radius 2 is 2.13 bits per heavy atom. The van der Waals surface area contributed by atoms with Crippen LogP contribution in [0, 0.1) is 5.82 Å². The summed E-state index contributed by atoms with van der Waals surface area (Å²) >= 11 is 9.19. The molecule has 0 atom stereocenters. The van der Waals surface area contributed by atoms with E-state index >= 15 is 0 Å². The highest BCUT2D eigenvalue weighted by Crippen LogP contribution is 2.24. The molecule has 0 saturated heterocycles. The van der Waals surface area contributed by atoms with Gasteiger partial charge in [0.2, 0.25) is 5.95 Å². The minimum Gasteiger partial charge on any atom is -0.369 e. The van der Waals surface area contributed by atoms with Gasteiger partial charge >= 0.3 is 0 Å². The van der Waals surface area contributed by atoms with Crippen LogP contribution in [-0.2, 0) is 0 Å². The van der Waals surface area contributed by atoms with Crippen LogP contribution in [0.25, 0.3) is 0 Å². The minimum atomic E-state index is -0.461. The molecule has 0 aliphatic rings. The Bertz CT molecular complexity index is 668. The Balaban J connectivity index is 2.02. The quantitative estimate of drug-likeness (QED) is 0.682. The predicted octanol–water partition coefficient (Wildman–Crippen LogP) is 4.14. The zero-order valence-corrected chi connectivity index (χ0v) is 15.2. The smallest absolute Gasteiger partial charge is 0.229 e. The topological polar surface area (TPSA) is 53.1 Å². The molecule has 5 nitrogen and oxygen atoms in total. The van der Waals surface area contributed by atoms with Crippen LogP contribution >= 0.6 is 27.5 Å². The van der Waals surface area contributed by atoms with E-state index < -0.39 is 5.82 Å². The van der Waals surface area contributed by atoms with Crippen molar-refractivity contribution < 1.29 is 4.39 Å². The van der Waals surface area contributed by atoms with Crippen LogP contribution in [0.5, 0.6) is 0 Å². The first kappa shape index (κ1) is 17.9. The molecule has 0 bridgehead atoms. The van der Waals surface area contributed by atoms with E-state index in [2.05, 4.69) is 41.4 Å². The van der Waals surface area contributed by atoms with E-state index in [1.807, 2.05) is 14.1 Å². The molecule has 0 aliphatic heterocycles. The fraction of sp³-hybridized carbons (Fsp3) is 0.333. The van der Waals surface area contributed by atoms with Crippen LogP contribution in [0.3, 0.4) is 0 Å². The van der Waals surface area contributed by atoms with E-state index in [0.29, 0.717) is 17.5 Å². The molecule has 0 fully saturated rings. The zero-order chi connectivity index (χ0) is 16.8. The van der Waals surface area contributed by atoms with Crippen LogP contribution in [0.1, 0.15) is 6.42 Å². The van der Waals surface area contributed by atoms with Crippen molar-refractivity contribution in [2.75, 3.05) is 37.8 Å². The highest BCUT2D eigenvalue weighted by Gasteiger charge is 2.07. The molecule has 1 aromatic carbocycles. The number of benzene rings is 1. The summed E-state index contributed by atoms with van der Waals surface area (Å²) in [6.45, 7) is 1.80. The maximum atomic E-state index is 13.2. The largest absolute Gasteiger partial charge is 0.369 e. The number of hydrogen-bond donors (Lipinski definition) is 2. The van der Waals surface area contributed by atoms with Gasteiger partial charge in [0.25, 0.3) is 0 Å². The number of nitrogens with zero attached hydrogens (tertiary/aromatic N) is 3. The number of halogens is 3. The second kappa shape index (κ2) is 8.42. The second-order valence-electron chi connectivity index (χ2n) is 5.23. The Kier molecular flexibility index (Phi) is 6.56. The lowest BCUT2D eigenvalue weighted by molar-refractivity contribution is 0.405. The van der Waals surface area contributed by atoms with Crippen molar-refractivity contribution in [1.29, 1.82) is 0 Å². The SMILES string of the molecule is CN(C)CCCNc1nc(Nc2ccc(F)c(Cl)c2)ncc1Br. The van der Waals surface area contributed by atoms with E-state index in [9.17, 15) is 4.39 Å². The van der Waals surface area contributed by atoms with Crippen LogP contribution in [0.4, 0.5) is 21.8 Å². The van der Waals surface area contributed by atoms with Crippen LogP contribution in [-0.4, -0.2) is 42.1 Å². The summed E-state index contributed by atoms with van der Waals surface area (Å²) in [5.41, 5.74) is 0.622. The molecule has 1 heterocycles. The molecule has 0 amide bonds. The molecular formula is C15H18BrClFN5. The molecule has 0 radical (unpaired) electrons. The van der Waals surface area contributed by atoms with Crippen molar-refractivity contribution in [1.82, 2.24) is 14.9 Å². The minimum absolute atomic E-state index is 0.0501. The van der Waals surface area contributed by atoms with Crippen LogP contribution in [0.15, 0.2) is 28.9 Å². The van der Waals surface area contributed by atoms with Crippen molar-refractivity contribution in [2.24, 2.45) is 0 Å². The lowest BCUT2D eigenvalue weighted by Crippen LogP contribution is -2.17. The molecule has 0 saturated carbocycles. The van der Waals surface area contributed by atoms with E-state index in [0.717, 1.165) is 24.0 Å². The Labute approximate surface area is 148 Å². The molecule has 0 unspecified atom stereocenters. The van der Waals surface area contributed by atoms with E-state index in [1.54, 1.807) is 12.3 Å². The molecule has 124 valence electrons. The highest BCUT2D eigenvalue weighted by atomic mass is 79.9. The van der Waals surface area contributed by atoms with Gasteiger partial charge in [-0.1, -0.05) is 11.6 Å². The standard InChI is InChI=1S/C15H18BrClFN5/c1-23(2)7-3-6-19-14-11(16)9-20-15(22-14)21-10-4-5-13(18)12(17)8-10/h4-5,8-9H,3,6-7H2,1-2H3,(H2,19,20,21,22). The van der Waals surface area contributed by atoms with Gasteiger partial charge in [-0.05, 0) is 61.2 Å². The summed E-state index contributed by atoms with van der Waals surface area (Å²) < 4.78 is 14.0. The summed E-state index contributed by atoms with van der Waals surface area (Å²) in [5, 5.41) is 6.32. The first-order chi connectivity index (χ1) is 11.0. The second-order valence-corrected chi connectivity index (χ2v) is 6.49. The Morgan fingerprint density at radius 3 is 2.83 bits per heavy atom. The first-order valence-electron chi connectivity index (χ1n) is 7.09. The van der Waals surface area contributed by atoms with Crippen molar-refractivity contribution in [3.05, 3.63) is 39.7 Å². The summed E-state index contributed by atoms with van der Waals surface area (Å²) in [7, 11) is 4.08. The van der Waals surface area contributed by atoms with E-state index in [-0.39, 0.29) is 5.02 Å². The summed E-state index contributed by atoms with van der Waals surface area (Å²) in [5.74, 6) is 0.651. The number of aromatic nitrogens is 2. The van der Waals surface area contributed by atoms with Gasteiger partial charge in [-0.15, -0.1) is 0 Å². The van der Waals surface area contributed by atoms with Gasteiger partial charge in [0.15, 0.2) is 0 Å². The van der Waals surface area contributed by atoms with Gasteiger partial charge in [0, 0.05) is 18.4 Å². The maximum Gasteiger partial charge on any atom is 0.229 e. The Hall–Kier alpha value is -1.44. The van der Waals surface area contributed by atoms with Crippen molar-refractivity contribution in [2.45, 2.75) is 6.42 Å². The van der Waals surface area contributed by atoms with E-state index in [1.165, 1.54) is 12.1 Å². The van der Waals surface area contributed by atoms with Crippen molar-refractivity contribution in [3.8, 4) is 0 Å². The molecule has 1 aromatic heterocycles. The van der Waals surface area contributed by atoms with Gasteiger partial charge in [-0.2, -0.15) is 4.98 Å². The predicted molar refractivity (Wildman–Crippen MR) is 96.1 cm³/mol. The van der Waals surface area contributed by atoms with Gasteiger partial charge in [-0.25, -0.2) is 9.37 Å². The maximum absolute atomic E-state index is 13.2. The van der Waals surface area contributed by atoms with Gasteiger partial charge < -0.3 is 15.5 Å². The van der Waals surface area contributed by atoms with Crippen LogP contribution in [0.2, 0.25) is 5.02 Å². The summed E-state index contributed by atoms with van der Waals surface area (Å²) in [4.78, 5) is 10.7. The average molecular weight is 403 g/mol. The molecule has 2 N–H and O–H groups in total. The number of hydrogen-bond acceptors (Lipinski definition) is 5. The normalized spacial score (nSPS) is 10.9. The van der Waals surface area contributed by atoms with Gasteiger partial charge in [0.1, 0.15) is 11.6 Å². The number of anilines is 3. The third-order valence-electron chi connectivity index (χ3n) is 2.99. The first-order valence-corrected chi connectivity index (χ1v) is 8.26. The monoisotopic (exact) mass is 401 g/mol. The molecule has 0 aliphatic carbocycles. The molecule has 2 aromatic rings. The summed E-state index contributed by atoms with van der Waals surface area (Å²) in [6, 6.07) is 4.37. The van der Waals surface area contributed by atoms with Gasteiger partial charge in [-0.3, -0.25) is 0 Å². The zero-order valence-electron chi connectivity index (χ0n) is 12.9. The number of nitrogens with one attached hydrogen (secondary N) is 2. The fourth-order valence-electron chi connectivity index (χ4n) is 1.86. The lowest BCUT2D eigenvalue weighted by atomic mass is 10.3. The van der Waals surface area contributed by atoms with Gasteiger partial charge in [0.05, 0.1) is 9.50 Å². The van der Waals surface area contributed by atoms with Crippen LogP contribution < -0.4 is 10.6 Å². The average Bonchev–Trinajstić information content (AvgIpc) is 2.50. The molecular weight excluding hydrogens is 385 g/mol. The third-order valence-corrected chi connectivity index (χ3v) is 3.86. The fourth-order valence-corrected chi connectivity index (χ4v) is 2.37. The van der Waals surface area contributed by atoms with Crippen molar-refractivity contribution >= 4 is 45.0 Å². The van der Waals surface area contributed by atoms with Crippen molar-refractivity contribution in [3.63, 3.8) is 0 Å². The van der Waals surface area contributed by atoms with E-state index in [4.69, 9.17) is 11.6 Å². The molecule has 0 spiro atoms. The highest BCUT2D eigenvalue weighted by molar-refractivity contribution is 9.10.